The van der Waals surface area contributed by atoms with Gasteiger partial charge in [-0.1, -0.05) is 24.3 Å². The Morgan fingerprint density at radius 2 is 2.00 bits per heavy atom. The molecule has 22 heavy (non-hydrogen) atoms. The summed E-state index contributed by atoms with van der Waals surface area (Å²) in [6.45, 7) is 6.25. The van der Waals surface area contributed by atoms with Gasteiger partial charge in [0.05, 0.1) is 6.10 Å². The van der Waals surface area contributed by atoms with Crippen LogP contribution < -0.4 is 5.32 Å². The molecule has 1 atom stereocenters. The van der Waals surface area contributed by atoms with Gasteiger partial charge in [-0.15, -0.1) is 0 Å². The highest BCUT2D eigenvalue weighted by atomic mass is 16.5. The minimum absolute atomic E-state index is 0.287. The van der Waals surface area contributed by atoms with E-state index in [0.29, 0.717) is 12.5 Å². The van der Waals surface area contributed by atoms with E-state index in [4.69, 9.17) is 4.74 Å². The van der Waals surface area contributed by atoms with Crippen LogP contribution in [0, 0.1) is 5.92 Å². The predicted octanol–water partition coefficient (Wildman–Crippen LogP) is 1.42. The lowest BCUT2D eigenvalue weighted by atomic mass is 9.99. The largest absolute Gasteiger partial charge is 0.390 e. The molecule has 2 N–H and O–H groups in total. The van der Waals surface area contributed by atoms with Gasteiger partial charge in [-0.2, -0.15) is 0 Å². The fourth-order valence-corrected chi connectivity index (χ4v) is 3.48. The van der Waals surface area contributed by atoms with Crippen molar-refractivity contribution in [2.24, 2.45) is 5.92 Å². The average Bonchev–Trinajstić information content (AvgIpc) is 2.56. The van der Waals surface area contributed by atoms with Crippen molar-refractivity contribution in [1.82, 2.24) is 10.2 Å². The number of fused-ring (bicyclic) bond motifs is 1. The molecule has 0 aliphatic carbocycles. The Balaban J connectivity index is 1.36. The van der Waals surface area contributed by atoms with Crippen LogP contribution in [0.1, 0.15) is 24.0 Å². The van der Waals surface area contributed by atoms with Gasteiger partial charge in [0, 0.05) is 39.4 Å². The lowest BCUT2D eigenvalue weighted by molar-refractivity contribution is 0.0631. The van der Waals surface area contributed by atoms with E-state index in [9.17, 15) is 5.11 Å². The number of ether oxygens (including phenoxy) is 1. The topological polar surface area (TPSA) is 44.7 Å². The minimum atomic E-state index is -0.287. The second kappa shape index (κ2) is 8.06. The van der Waals surface area contributed by atoms with E-state index in [1.54, 1.807) is 0 Å². The SMILES string of the molecule is OC(CNCC1CCOCC1)CN1CCc2ccccc2C1. The zero-order valence-corrected chi connectivity index (χ0v) is 13.3. The Labute approximate surface area is 133 Å². The normalized spacial score (nSPS) is 21.5. The number of aliphatic hydroxyl groups is 1. The molecule has 2 aliphatic rings. The highest BCUT2D eigenvalue weighted by molar-refractivity contribution is 5.29. The lowest BCUT2D eigenvalue weighted by Gasteiger charge is -2.30. The van der Waals surface area contributed by atoms with Gasteiger partial charge in [0.15, 0.2) is 0 Å². The Morgan fingerprint density at radius 1 is 1.23 bits per heavy atom. The summed E-state index contributed by atoms with van der Waals surface area (Å²) in [7, 11) is 0. The van der Waals surface area contributed by atoms with Crippen molar-refractivity contribution in [3.8, 4) is 0 Å². The molecule has 3 rings (SSSR count). The maximum Gasteiger partial charge on any atom is 0.0791 e. The van der Waals surface area contributed by atoms with Gasteiger partial charge < -0.3 is 15.2 Å². The molecule has 2 heterocycles. The first-order valence-electron chi connectivity index (χ1n) is 8.57. The number of hydrogen-bond donors (Lipinski definition) is 2. The molecule has 2 aliphatic heterocycles. The van der Waals surface area contributed by atoms with E-state index in [1.165, 1.54) is 11.1 Å². The fourth-order valence-electron chi connectivity index (χ4n) is 3.48. The summed E-state index contributed by atoms with van der Waals surface area (Å²) in [5.74, 6) is 0.711. The minimum Gasteiger partial charge on any atom is -0.390 e. The molecule has 0 bridgehead atoms. The molecule has 122 valence electrons. The third kappa shape index (κ3) is 4.53. The van der Waals surface area contributed by atoms with Crippen LogP contribution in [-0.4, -0.2) is 55.5 Å². The van der Waals surface area contributed by atoms with E-state index < -0.39 is 0 Å². The van der Waals surface area contributed by atoms with Crippen molar-refractivity contribution in [2.45, 2.75) is 31.9 Å². The number of nitrogens with zero attached hydrogens (tertiary/aromatic N) is 1. The number of rotatable bonds is 6. The second-order valence-corrected chi connectivity index (χ2v) is 6.62. The van der Waals surface area contributed by atoms with Gasteiger partial charge in [0.25, 0.3) is 0 Å². The molecular formula is C18H28N2O2. The van der Waals surface area contributed by atoms with Crippen LogP contribution in [0.2, 0.25) is 0 Å². The standard InChI is InChI=1S/C18H28N2O2/c21-18(12-19-11-15-6-9-22-10-7-15)14-20-8-5-16-3-1-2-4-17(16)13-20/h1-4,15,18-19,21H,5-14H2. The summed E-state index contributed by atoms with van der Waals surface area (Å²) in [4.78, 5) is 2.36. The molecule has 1 unspecified atom stereocenters. The summed E-state index contributed by atoms with van der Waals surface area (Å²) in [6.07, 6.45) is 3.10. The van der Waals surface area contributed by atoms with Crippen molar-refractivity contribution in [3.63, 3.8) is 0 Å². The molecule has 0 amide bonds. The average molecular weight is 304 g/mol. The zero-order chi connectivity index (χ0) is 15.2. The van der Waals surface area contributed by atoms with Crippen LogP contribution in [0.4, 0.5) is 0 Å². The highest BCUT2D eigenvalue weighted by Crippen LogP contribution is 2.18. The van der Waals surface area contributed by atoms with Crippen LogP contribution in [0.5, 0.6) is 0 Å². The van der Waals surface area contributed by atoms with E-state index in [1.807, 2.05) is 0 Å². The molecule has 0 saturated carbocycles. The monoisotopic (exact) mass is 304 g/mol. The molecule has 4 nitrogen and oxygen atoms in total. The maximum absolute atomic E-state index is 10.3. The number of hydrogen-bond acceptors (Lipinski definition) is 4. The Morgan fingerprint density at radius 3 is 2.82 bits per heavy atom. The Kier molecular flexibility index (Phi) is 5.84. The molecule has 1 aromatic rings. The van der Waals surface area contributed by atoms with Gasteiger partial charge in [0.1, 0.15) is 0 Å². The highest BCUT2D eigenvalue weighted by Gasteiger charge is 2.19. The fraction of sp³-hybridized carbons (Fsp3) is 0.667. The molecule has 0 spiro atoms. The Hall–Kier alpha value is -0.940. The quantitative estimate of drug-likeness (QED) is 0.834. The third-order valence-corrected chi connectivity index (χ3v) is 4.83. The first kappa shape index (κ1) is 15.9. The summed E-state index contributed by atoms with van der Waals surface area (Å²) in [5, 5.41) is 13.7. The van der Waals surface area contributed by atoms with E-state index >= 15 is 0 Å². The second-order valence-electron chi connectivity index (χ2n) is 6.62. The number of nitrogens with one attached hydrogen (secondary N) is 1. The van der Waals surface area contributed by atoms with Gasteiger partial charge in [-0.05, 0) is 42.9 Å². The van der Waals surface area contributed by atoms with Crippen LogP contribution >= 0.6 is 0 Å². The molecule has 0 radical (unpaired) electrons. The molecule has 1 fully saturated rings. The smallest absolute Gasteiger partial charge is 0.0791 e. The first-order valence-corrected chi connectivity index (χ1v) is 8.57. The van der Waals surface area contributed by atoms with Crippen molar-refractivity contribution < 1.29 is 9.84 Å². The van der Waals surface area contributed by atoms with Crippen molar-refractivity contribution in [3.05, 3.63) is 35.4 Å². The van der Waals surface area contributed by atoms with E-state index in [2.05, 4.69) is 34.5 Å². The molecule has 1 aromatic carbocycles. The van der Waals surface area contributed by atoms with Gasteiger partial charge in [-0.3, -0.25) is 4.90 Å². The van der Waals surface area contributed by atoms with Crippen molar-refractivity contribution in [2.75, 3.05) is 39.4 Å². The van der Waals surface area contributed by atoms with Gasteiger partial charge in [0.2, 0.25) is 0 Å². The summed E-state index contributed by atoms with van der Waals surface area (Å²) >= 11 is 0. The van der Waals surface area contributed by atoms with Crippen LogP contribution in [0.3, 0.4) is 0 Å². The molecule has 4 heteroatoms. The van der Waals surface area contributed by atoms with E-state index in [0.717, 1.165) is 58.7 Å². The maximum atomic E-state index is 10.3. The predicted molar refractivity (Wildman–Crippen MR) is 87.8 cm³/mol. The number of aliphatic hydroxyl groups excluding tert-OH is 1. The molecule has 0 aromatic heterocycles. The molecular weight excluding hydrogens is 276 g/mol. The van der Waals surface area contributed by atoms with Crippen LogP contribution in [-0.2, 0) is 17.7 Å². The lowest BCUT2D eigenvalue weighted by Crippen LogP contribution is -2.41. The van der Waals surface area contributed by atoms with Crippen LogP contribution in [0.15, 0.2) is 24.3 Å². The first-order chi connectivity index (χ1) is 10.8. The summed E-state index contributed by atoms with van der Waals surface area (Å²) in [6, 6.07) is 8.65. The van der Waals surface area contributed by atoms with Crippen molar-refractivity contribution in [1.29, 1.82) is 0 Å². The number of β-amino-alcohol motifs (C(OH)–C–C–N with tert-alkyl or cyclic N) is 1. The molecule has 1 saturated heterocycles. The van der Waals surface area contributed by atoms with Gasteiger partial charge >= 0.3 is 0 Å². The van der Waals surface area contributed by atoms with Gasteiger partial charge in [-0.25, -0.2) is 0 Å². The Bertz CT molecular complexity index is 460. The third-order valence-electron chi connectivity index (χ3n) is 4.83. The summed E-state index contributed by atoms with van der Waals surface area (Å²) < 4.78 is 5.37. The van der Waals surface area contributed by atoms with Crippen LogP contribution in [0.25, 0.3) is 0 Å². The number of benzene rings is 1. The summed E-state index contributed by atoms with van der Waals surface area (Å²) in [5.41, 5.74) is 2.88. The van der Waals surface area contributed by atoms with E-state index in [-0.39, 0.29) is 6.10 Å². The zero-order valence-electron chi connectivity index (χ0n) is 13.3. The van der Waals surface area contributed by atoms with Crippen molar-refractivity contribution >= 4 is 0 Å².